The highest BCUT2D eigenvalue weighted by molar-refractivity contribution is 5.82. The summed E-state index contributed by atoms with van der Waals surface area (Å²) < 4.78 is 42.3. The molecule has 15 heavy (non-hydrogen) atoms. The van der Waals surface area contributed by atoms with Crippen molar-refractivity contribution in [1.29, 1.82) is 0 Å². The van der Waals surface area contributed by atoms with E-state index in [2.05, 4.69) is 0 Å². The average Bonchev–Trinajstić information content (AvgIpc) is 2.43. The number of aryl methyl sites for hydroxylation is 2. The van der Waals surface area contributed by atoms with E-state index in [1.54, 1.807) is 18.2 Å². The Morgan fingerprint density at radius 1 is 1.13 bits per heavy atom. The second-order valence-electron chi connectivity index (χ2n) is 3.55. The van der Waals surface area contributed by atoms with E-state index in [1.807, 2.05) is 6.92 Å². The third kappa shape index (κ3) is 1.60. The zero-order valence-electron chi connectivity index (χ0n) is 8.27. The number of furan rings is 1. The van der Waals surface area contributed by atoms with Gasteiger partial charge in [0.2, 0.25) is 5.76 Å². The number of hydrogen-bond donors (Lipinski definition) is 0. The van der Waals surface area contributed by atoms with Crippen molar-refractivity contribution in [2.45, 2.75) is 20.0 Å². The van der Waals surface area contributed by atoms with Crippen molar-refractivity contribution in [3.63, 3.8) is 0 Å². The van der Waals surface area contributed by atoms with Crippen LogP contribution in [0.4, 0.5) is 13.2 Å². The maximum absolute atomic E-state index is 12.5. The molecule has 80 valence electrons. The maximum atomic E-state index is 12.5. The highest BCUT2D eigenvalue weighted by atomic mass is 19.4. The van der Waals surface area contributed by atoms with Crippen molar-refractivity contribution < 1.29 is 17.6 Å². The van der Waals surface area contributed by atoms with Crippen LogP contribution in [-0.4, -0.2) is 0 Å². The Morgan fingerprint density at radius 2 is 1.80 bits per heavy atom. The molecule has 0 aliphatic rings. The second kappa shape index (κ2) is 3.02. The first-order valence-corrected chi connectivity index (χ1v) is 4.46. The Morgan fingerprint density at radius 3 is 2.40 bits per heavy atom. The van der Waals surface area contributed by atoms with Crippen LogP contribution >= 0.6 is 0 Å². The molecule has 0 saturated heterocycles. The molecule has 0 aliphatic carbocycles. The first-order chi connectivity index (χ1) is 6.89. The van der Waals surface area contributed by atoms with E-state index in [0.717, 1.165) is 5.56 Å². The first-order valence-electron chi connectivity index (χ1n) is 4.46. The van der Waals surface area contributed by atoms with Gasteiger partial charge in [0.15, 0.2) is 0 Å². The summed E-state index contributed by atoms with van der Waals surface area (Å²) in [5, 5.41) is 0.530. The standard InChI is InChI=1S/C11H9F3O/c1-6-3-4-9-8(5-6)7(2)10(15-9)11(12,13)14/h3-5H,1-2H3. The maximum Gasteiger partial charge on any atom is 0.449 e. The monoisotopic (exact) mass is 214 g/mol. The zero-order chi connectivity index (χ0) is 11.2. The van der Waals surface area contributed by atoms with E-state index in [4.69, 9.17) is 4.42 Å². The molecule has 2 aromatic rings. The molecule has 0 atom stereocenters. The van der Waals surface area contributed by atoms with Gasteiger partial charge in [0, 0.05) is 10.9 Å². The Labute approximate surface area is 84.5 Å². The SMILES string of the molecule is Cc1ccc2oc(C(F)(F)F)c(C)c2c1. The van der Waals surface area contributed by atoms with Crippen molar-refractivity contribution in [2.24, 2.45) is 0 Å². The summed E-state index contributed by atoms with van der Waals surface area (Å²) in [5.74, 6) is -0.900. The molecule has 1 aromatic carbocycles. The van der Waals surface area contributed by atoms with E-state index < -0.39 is 11.9 Å². The lowest BCUT2D eigenvalue weighted by atomic mass is 10.1. The van der Waals surface area contributed by atoms with Crippen molar-refractivity contribution in [2.75, 3.05) is 0 Å². The van der Waals surface area contributed by atoms with Gasteiger partial charge < -0.3 is 4.42 Å². The van der Waals surface area contributed by atoms with Gasteiger partial charge in [-0.15, -0.1) is 0 Å². The van der Waals surface area contributed by atoms with E-state index in [1.165, 1.54) is 6.92 Å². The molecule has 1 heterocycles. The van der Waals surface area contributed by atoms with Gasteiger partial charge in [0.05, 0.1) is 0 Å². The molecule has 0 saturated carbocycles. The summed E-state index contributed by atoms with van der Waals surface area (Å²) in [5.41, 5.74) is 1.35. The molecule has 0 radical (unpaired) electrons. The molecule has 2 rings (SSSR count). The van der Waals surface area contributed by atoms with Gasteiger partial charge in [-0.3, -0.25) is 0 Å². The summed E-state index contributed by atoms with van der Waals surface area (Å²) in [7, 11) is 0. The van der Waals surface area contributed by atoms with Crippen LogP contribution in [0.1, 0.15) is 16.9 Å². The van der Waals surface area contributed by atoms with Crippen LogP contribution in [0.2, 0.25) is 0 Å². The van der Waals surface area contributed by atoms with E-state index in [9.17, 15) is 13.2 Å². The van der Waals surface area contributed by atoms with Crippen LogP contribution in [0.25, 0.3) is 11.0 Å². The van der Waals surface area contributed by atoms with Gasteiger partial charge >= 0.3 is 6.18 Å². The predicted octanol–water partition coefficient (Wildman–Crippen LogP) is 4.07. The summed E-state index contributed by atoms with van der Waals surface area (Å²) >= 11 is 0. The summed E-state index contributed by atoms with van der Waals surface area (Å²) in [6.07, 6.45) is -4.42. The molecule has 0 fully saturated rings. The third-order valence-electron chi connectivity index (χ3n) is 2.35. The highest BCUT2D eigenvalue weighted by Gasteiger charge is 2.37. The molecular formula is C11H9F3O. The number of halogens is 3. The topological polar surface area (TPSA) is 13.1 Å². The number of hydrogen-bond acceptors (Lipinski definition) is 1. The van der Waals surface area contributed by atoms with E-state index >= 15 is 0 Å². The predicted molar refractivity (Wildman–Crippen MR) is 50.7 cm³/mol. The summed E-state index contributed by atoms with van der Waals surface area (Å²) in [6.45, 7) is 3.26. The van der Waals surface area contributed by atoms with Gasteiger partial charge in [-0.05, 0) is 26.0 Å². The third-order valence-corrected chi connectivity index (χ3v) is 2.35. The van der Waals surface area contributed by atoms with Gasteiger partial charge in [-0.2, -0.15) is 13.2 Å². The van der Waals surface area contributed by atoms with Crippen LogP contribution in [0.5, 0.6) is 0 Å². The number of rotatable bonds is 0. The minimum Gasteiger partial charge on any atom is -0.451 e. The second-order valence-corrected chi connectivity index (χ2v) is 3.55. The number of benzene rings is 1. The zero-order valence-corrected chi connectivity index (χ0v) is 8.27. The highest BCUT2D eigenvalue weighted by Crippen LogP contribution is 2.37. The van der Waals surface area contributed by atoms with Crippen LogP contribution < -0.4 is 0 Å². The minimum atomic E-state index is -4.42. The Kier molecular flexibility index (Phi) is 2.03. The van der Waals surface area contributed by atoms with Gasteiger partial charge in [-0.25, -0.2) is 0 Å². The number of alkyl halides is 3. The molecule has 0 bridgehead atoms. The quantitative estimate of drug-likeness (QED) is 0.644. The fourth-order valence-electron chi connectivity index (χ4n) is 1.61. The first kappa shape index (κ1) is 10.1. The van der Waals surface area contributed by atoms with Crippen LogP contribution in [0.15, 0.2) is 22.6 Å². The lowest BCUT2D eigenvalue weighted by Gasteiger charge is -2.02. The number of fused-ring (bicyclic) bond motifs is 1. The molecule has 1 aromatic heterocycles. The molecule has 1 nitrogen and oxygen atoms in total. The van der Waals surface area contributed by atoms with Crippen LogP contribution in [-0.2, 0) is 6.18 Å². The smallest absolute Gasteiger partial charge is 0.449 e. The Balaban J connectivity index is 2.76. The lowest BCUT2D eigenvalue weighted by Crippen LogP contribution is -2.04. The summed E-state index contributed by atoms with van der Waals surface area (Å²) in [4.78, 5) is 0. The van der Waals surface area contributed by atoms with Crippen molar-refractivity contribution in [1.82, 2.24) is 0 Å². The fourth-order valence-corrected chi connectivity index (χ4v) is 1.61. The molecule has 4 heteroatoms. The molecule has 0 unspecified atom stereocenters. The van der Waals surface area contributed by atoms with Gasteiger partial charge in [-0.1, -0.05) is 11.6 Å². The molecular weight excluding hydrogens is 205 g/mol. The van der Waals surface area contributed by atoms with Crippen molar-refractivity contribution in [3.05, 3.63) is 35.1 Å². The molecule has 0 N–H and O–H groups in total. The normalized spacial score (nSPS) is 12.3. The molecule has 0 aliphatic heterocycles. The molecule has 0 spiro atoms. The Hall–Kier alpha value is -1.45. The summed E-state index contributed by atoms with van der Waals surface area (Å²) in [6, 6.07) is 4.99. The van der Waals surface area contributed by atoms with Crippen molar-refractivity contribution in [3.8, 4) is 0 Å². The van der Waals surface area contributed by atoms with E-state index in [-0.39, 0.29) is 11.1 Å². The van der Waals surface area contributed by atoms with Crippen LogP contribution in [0.3, 0.4) is 0 Å². The average molecular weight is 214 g/mol. The van der Waals surface area contributed by atoms with Crippen molar-refractivity contribution >= 4 is 11.0 Å². The fraction of sp³-hybridized carbons (Fsp3) is 0.273. The minimum absolute atomic E-state index is 0.154. The van der Waals surface area contributed by atoms with Crippen LogP contribution in [0, 0.1) is 13.8 Å². The lowest BCUT2D eigenvalue weighted by molar-refractivity contribution is -0.152. The largest absolute Gasteiger partial charge is 0.451 e. The Bertz CT molecular complexity index is 508. The van der Waals surface area contributed by atoms with Gasteiger partial charge in [0.1, 0.15) is 5.58 Å². The van der Waals surface area contributed by atoms with Gasteiger partial charge in [0.25, 0.3) is 0 Å². The molecule has 0 amide bonds. The van der Waals surface area contributed by atoms with E-state index in [0.29, 0.717) is 5.39 Å².